The Balaban J connectivity index is 1.98. The Bertz CT molecular complexity index is 431. The van der Waals surface area contributed by atoms with E-state index in [-0.39, 0.29) is 11.7 Å². The molecule has 0 radical (unpaired) electrons. The normalized spacial score (nSPS) is 37.6. The number of benzene rings is 1. The maximum Gasteiger partial charge on any atom is 0.116 e. The van der Waals surface area contributed by atoms with Gasteiger partial charge < -0.3 is 4.74 Å². The van der Waals surface area contributed by atoms with Crippen LogP contribution in [-0.2, 0) is 10.3 Å². The Hall–Kier alpha value is -1.08. The van der Waals surface area contributed by atoms with Crippen molar-refractivity contribution in [2.75, 3.05) is 0 Å². The highest BCUT2D eigenvalue weighted by atomic mass is 16.5. The minimum atomic E-state index is -0.0265. The van der Waals surface area contributed by atoms with E-state index < -0.39 is 0 Å². The molecule has 1 fully saturated rings. The number of hydrogen-bond acceptors (Lipinski definition) is 1. The topological polar surface area (TPSA) is 9.23 Å². The van der Waals surface area contributed by atoms with Crippen LogP contribution in [0.25, 0.3) is 0 Å². The minimum absolute atomic E-state index is 0.0265. The zero-order valence-corrected chi connectivity index (χ0v) is 7.94. The standard InChI is InChI=1S/C13H12O/c1-2-4-11-10(3-1)12-7-8-13(11,14-12)9-5-6-9/h1-4,7-9,12H,5-6H2. The van der Waals surface area contributed by atoms with Crippen molar-refractivity contribution in [3.05, 3.63) is 47.5 Å². The minimum Gasteiger partial charge on any atom is -0.354 e. The predicted octanol–water partition coefficient (Wildman–Crippen LogP) is 2.93. The Kier molecular flexibility index (Phi) is 1.09. The Labute approximate surface area is 83.4 Å². The first-order chi connectivity index (χ1) is 6.90. The van der Waals surface area contributed by atoms with Gasteiger partial charge in [-0.05, 0) is 36.0 Å². The van der Waals surface area contributed by atoms with E-state index in [9.17, 15) is 0 Å². The summed E-state index contributed by atoms with van der Waals surface area (Å²) in [5, 5.41) is 0. The second-order valence-electron chi connectivity index (χ2n) is 4.55. The second-order valence-corrected chi connectivity index (χ2v) is 4.55. The molecule has 14 heavy (non-hydrogen) atoms. The van der Waals surface area contributed by atoms with Gasteiger partial charge in [0.05, 0.1) is 0 Å². The average Bonchev–Trinajstić information content (AvgIpc) is 2.94. The summed E-state index contributed by atoms with van der Waals surface area (Å²) >= 11 is 0. The quantitative estimate of drug-likeness (QED) is 0.610. The lowest BCUT2D eigenvalue weighted by molar-refractivity contribution is -0.0188. The molecule has 2 heterocycles. The van der Waals surface area contributed by atoms with Crippen LogP contribution in [0.2, 0.25) is 0 Å². The highest BCUT2D eigenvalue weighted by Gasteiger charge is 2.54. The van der Waals surface area contributed by atoms with Crippen LogP contribution in [0.5, 0.6) is 0 Å². The first kappa shape index (κ1) is 7.24. The largest absolute Gasteiger partial charge is 0.354 e. The Morgan fingerprint density at radius 2 is 2.07 bits per heavy atom. The van der Waals surface area contributed by atoms with Crippen LogP contribution in [0.15, 0.2) is 36.4 Å². The van der Waals surface area contributed by atoms with Gasteiger partial charge in [0, 0.05) is 0 Å². The number of rotatable bonds is 1. The van der Waals surface area contributed by atoms with Crippen molar-refractivity contribution >= 4 is 0 Å². The molecule has 2 aliphatic heterocycles. The molecule has 1 aromatic rings. The summed E-state index contributed by atoms with van der Waals surface area (Å²) in [6.07, 6.45) is 7.40. The van der Waals surface area contributed by atoms with E-state index in [2.05, 4.69) is 36.4 Å². The molecule has 4 rings (SSSR count). The molecule has 1 aromatic carbocycles. The third-order valence-corrected chi connectivity index (χ3v) is 3.71. The molecule has 2 bridgehead atoms. The smallest absolute Gasteiger partial charge is 0.116 e. The summed E-state index contributed by atoms with van der Waals surface area (Å²) in [6, 6.07) is 8.67. The van der Waals surface area contributed by atoms with Crippen LogP contribution in [0.1, 0.15) is 30.1 Å². The lowest BCUT2D eigenvalue weighted by Gasteiger charge is -2.23. The van der Waals surface area contributed by atoms with E-state index >= 15 is 0 Å². The molecule has 0 aromatic heterocycles. The molecule has 1 heteroatoms. The zero-order valence-electron chi connectivity index (χ0n) is 7.94. The van der Waals surface area contributed by atoms with Gasteiger partial charge in [0.25, 0.3) is 0 Å². The van der Waals surface area contributed by atoms with Crippen molar-refractivity contribution in [1.82, 2.24) is 0 Å². The van der Waals surface area contributed by atoms with Crippen molar-refractivity contribution < 1.29 is 4.74 Å². The summed E-state index contributed by atoms with van der Waals surface area (Å²) in [6.45, 7) is 0. The van der Waals surface area contributed by atoms with Crippen LogP contribution in [0, 0.1) is 5.92 Å². The van der Waals surface area contributed by atoms with Crippen LogP contribution < -0.4 is 0 Å². The van der Waals surface area contributed by atoms with Crippen molar-refractivity contribution in [3.63, 3.8) is 0 Å². The first-order valence-electron chi connectivity index (χ1n) is 5.37. The van der Waals surface area contributed by atoms with Gasteiger partial charge >= 0.3 is 0 Å². The molecule has 0 saturated heterocycles. The van der Waals surface area contributed by atoms with Crippen molar-refractivity contribution in [1.29, 1.82) is 0 Å². The number of hydrogen-bond donors (Lipinski definition) is 0. The predicted molar refractivity (Wildman–Crippen MR) is 53.8 cm³/mol. The van der Waals surface area contributed by atoms with E-state index in [0.29, 0.717) is 0 Å². The van der Waals surface area contributed by atoms with Gasteiger partial charge in [-0.15, -0.1) is 0 Å². The fourth-order valence-corrected chi connectivity index (χ4v) is 2.90. The summed E-state index contributed by atoms with van der Waals surface area (Å²) < 4.78 is 6.14. The molecule has 2 unspecified atom stereocenters. The van der Waals surface area contributed by atoms with Gasteiger partial charge in [0.2, 0.25) is 0 Å². The van der Waals surface area contributed by atoms with E-state index in [4.69, 9.17) is 4.74 Å². The summed E-state index contributed by atoms with van der Waals surface area (Å²) in [5.41, 5.74) is 2.79. The highest BCUT2D eigenvalue weighted by molar-refractivity contribution is 5.48. The summed E-state index contributed by atoms with van der Waals surface area (Å²) in [5.74, 6) is 0.743. The van der Waals surface area contributed by atoms with Crippen molar-refractivity contribution in [2.45, 2.75) is 24.5 Å². The molecule has 0 amide bonds. The molecule has 1 saturated carbocycles. The van der Waals surface area contributed by atoms with Gasteiger partial charge in [-0.3, -0.25) is 0 Å². The van der Waals surface area contributed by atoms with Crippen molar-refractivity contribution in [3.8, 4) is 0 Å². The molecular weight excluding hydrogens is 172 g/mol. The number of ether oxygens (including phenoxy) is 1. The molecule has 1 nitrogen and oxygen atoms in total. The first-order valence-corrected chi connectivity index (χ1v) is 5.37. The summed E-state index contributed by atoms with van der Waals surface area (Å²) in [4.78, 5) is 0. The van der Waals surface area contributed by atoms with E-state index in [1.54, 1.807) is 0 Å². The monoisotopic (exact) mass is 184 g/mol. The maximum absolute atomic E-state index is 6.14. The fraction of sp³-hybridized carbons (Fsp3) is 0.385. The van der Waals surface area contributed by atoms with Crippen LogP contribution in [0.4, 0.5) is 0 Å². The molecule has 70 valence electrons. The Morgan fingerprint density at radius 3 is 2.93 bits per heavy atom. The zero-order chi connectivity index (χ0) is 9.17. The van der Waals surface area contributed by atoms with E-state index in [0.717, 1.165) is 5.92 Å². The van der Waals surface area contributed by atoms with Crippen LogP contribution >= 0.6 is 0 Å². The van der Waals surface area contributed by atoms with Crippen molar-refractivity contribution in [2.24, 2.45) is 5.92 Å². The maximum atomic E-state index is 6.14. The average molecular weight is 184 g/mol. The number of fused-ring (bicyclic) bond motifs is 5. The van der Waals surface area contributed by atoms with Gasteiger partial charge in [-0.1, -0.05) is 30.3 Å². The van der Waals surface area contributed by atoms with Gasteiger partial charge in [-0.25, -0.2) is 0 Å². The molecular formula is C13H12O. The van der Waals surface area contributed by atoms with Crippen LogP contribution in [-0.4, -0.2) is 0 Å². The van der Waals surface area contributed by atoms with Gasteiger partial charge in [-0.2, -0.15) is 0 Å². The SMILES string of the molecule is C1=CC2(C3CC3)OC1c1ccccc12. The second kappa shape index (κ2) is 2.12. The van der Waals surface area contributed by atoms with Gasteiger partial charge in [0.1, 0.15) is 11.7 Å². The molecule has 0 spiro atoms. The van der Waals surface area contributed by atoms with E-state index in [1.165, 1.54) is 24.0 Å². The molecule has 2 atom stereocenters. The van der Waals surface area contributed by atoms with Gasteiger partial charge in [0.15, 0.2) is 0 Å². The molecule has 1 aliphatic carbocycles. The third-order valence-electron chi connectivity index (χ3n) is 3.71. The lowest BCUT2D eigenvalue weighted by atomic mass is 9.84. The summed E-state index contributed by atoms with van der Waals surface area (Å²) in [7, 11) is 0. The highest BCUT2D eigenvalue weighted by Crippen LogP contribution is 2.60. The van der Waals surface area contributed by atoms with Crippen LogP contribution in [0.3, 0.4) is 0 Å². The molecule has 0 N–H and O–H groups in total. The third kappa shape index (κ3) is 0.674. The fourth-order valence-electron chi connectivity index (χ4n) is 2.90. The van der Waals surface area contributed by atoms with E-state index in [1.807, 2.05) is 0 Å². The molecule has 3 aliphatic rings. The lowest BCUT2D eigenvalue weighted by Crippen LogP contribution is -2.23. The Morgan fingerprint density at radius 1 is 1.21 bits per heavy atom.